The Hall–Kier alpha value is -3.24. The lowest BCUT2D eigenvalue weighted by molar-refractivity contribution is -0.215. The van der Waals surface area contributed by atoms with Crippen molar-refractivity contribution in [3.05, 3.63) is 41.9 Å². The van der Waals surface area contributed by atoms with Crippen LogP contribution in [0.5, 0.6) is 0 Å². The summed E-state index contributed by atoms with van der Waals surface area (Å²) in [7, 11) is 0. The Kier molecular flexibility index (Phi) is 5.44. The average Bonchev–Trinajstić information content (AvgIpc) is 3.35. The molecule has 10 rings (SSSR count). The van der Waals surface area contributed by atoms with Crippen LogP contribution in [0.3, 0.4) is 0 Å². The highest BCUT2D eigenvalue weighted by Gasteiger charge is 2.69. The summed E-state index contributed by atoms with van der Waals surface area (Å²) < 4.78 is 51.0. The van der Waals surface area contributed by atoms with Gasteiger partial charge in [-0.05, 0) is 93.6 Å². The summed E-state index contributed by atoms with van der Waals surface area (Å²) in [6.45, 7) is 2.67. The standard InChI is InChI=1S/C31H34F3N5O3/c1-27(5-6-27)26-35-23(37-42-26)19-3-2-4-20(13-19)39(21(40)14-29-15-31(34,16-29)17-29)18-28-7-10-30(11-8-28,12-9-28)25-36-24(22(32)33)41-38-25/h2-4,13,22H,5-12,14-18H2,1H3. The highest BCUT2D eigenvalue weighted by Crippen LogP contribution is 2.71. The van der Waals surface area contributed by atoms with E-state index in [1.807, 2.05) is 29.2 Å². The fourth-order valence-electron chi connectivity index (χ4n) is 8.30. The van der Waals surface area contributed by atoms with Crippen molar-refractivity contribution in [2.24, 2.45) is 10.8 Å². The summed E-state index contributed by atoms with van der Waals surface area (Å²) in [5.41, 5.74) is -0.218. The van der Waals surface area contributed by atoms with Crippen LogP contribution < -0.4 is 4.90 Å². The maximum absolute atomic E-state index is 14.3. The molecule has 222 valence electrons. The largest absolute Gasteiger partial charge is 0.338 e. The fourth-order valence-corrected chi connectivity index (χ4v) is 8.30. The second kappa shape index (κ2) is 8.66. The molecule has 0 spiro atoms. The monoisotopic (exact) mass is 581 g/mol. The zero-order chi connectivity index (χ0) is 29.0. The van der Waals surface area contributed by atoms with Crippen LogP contribution in [-0.2, 0) is 15.6 Å². The number of rotatable bonds is 9. The van der Waals surface area contributed by atoms with Gasteiger partial charge < -0.3 is 13.9 Å². The third kappa shape index (κ3) is 4.12. The summed E-state index contributed by atoms with van der Waals surface area (Å²) in [6, 6.07) is 7.74. The number of benzene rings is 1. The van der Waals surface area contributed by atoms with Crippen LogP contribution in [0, 0.1) is 10.8 Å². The molecule has 1 amide bonds. The van der Waals surface area contributed by atoms with E-state index in [4.69, 9.17) is 9.05 Å². The van der Waals surface area contributed by atoms with E-state index in [9.17, 15) is 18.0 Å². The third-order valence-corrected chi connectivity index (χ3v) is 11.3. The summed E-state index contributed by atoms with van der Waals surface area (Å²) >= 11 is 0. The minimum absolute atomic E-state index is 0.0183. The molecule has 1 aromatic carbocycles. The molecule has 2 heterocycles. The van der Waals surface area contributed by atoms with Gasteiger partial charge >= 0.3 is 6.43 Å². The SMILES string of the molecule is CC1(c2nc(-c3cccc(N(CC45CCC(c6noc(C(F)F)n6)(CC4)CC5)C(=O)CC45CC(F)(C4)C5)c3)no2)CC1. The van der Waals surface area contributed by atoms with Crippen LogP contribution >= 0.6 is 0 Å². The van der Waals surface area contributed by atoms with Crippen LogP contribution in [0.1, 0.15) is 108 Å². The van der Waals surface area contributed by atoms with Crippen LogP contribution in [0.15, 0.2) is 33.3 Å². The number of carbonyl (C=O) groups is 1. The molecule has 8 nitrogen and oxygen atoms in total. The van der Waals surface area contributed by atoms with Crippen LogP contribution in [-0.4, -0.2) is 38.4 Å². The van der Waals surface area contributed by atoms with Gasteiger partial charge in [-0.25, -0.2) is 4.39 Å². The van der Waals surface area contributed by atoms with Gasteiger partial charge in [-0.1, -0.05) is 29.4 Å². The highest BCUT2D eigenvalue weighted by molar-refractivity contribution is 5.94. The van der Waals surface area contributed by atoms with Crippen molar-refractivity contribution in [1.82, 2.24) is 20.3 Å². The number of amides is 1. The summed E-state index contributed by atoms with van der Waals surface area (Å²) in [4.78, 5) is 24.6. The highest BCUT2D eigenvalue weighted by atomic mass is 19.3. The molecule has 7 aliphatic carbocycles. The summed E-state index contributed by atoms with van der Waals surface area (Å²) in [6.07, 6.45) is 5.82. The molecule has 3 aromatic rings. The van der Waals surface area contributed by atoms with Crippen molar-refractivity contribution >= 4 is 11.6 Å². The number of nitrogens with zero attached hydrogens (tertiary/aromatic N) is 5. The van der Waals surface area contributed by atoms with E-state index in [0.29, 0.717) is 49.8 Å². The van der Waals surface area contributed by atoms with E-state index in [-0.39, 0.29) is 27.6 Å². The average molecular weight is 582 g/mol. The first-order chi connectivity index (χ1) is 20.0. The van der Waals surface area contributed by atoms with Crippen molar-refractivity contribution in [3.8, 4) is 11.4 Å². The van der Waals surface area contributed by atoms with Gasteiger partial charge in [0, 0.05) is 35.0 Å². The van der Waals surface area contributed by atoms with Gasteiger partial charge in [-0.2, -0.15) is 18.7 Å². The number of fused-ring (bicyclic) bond motifs is 3. The molecular formula is C31H34F3N5O3. The van der Waals surface area contributed by atoms with Gasteiger partial charge in [-0.3, -0.25) is 4.79 Å². The number of hydrogen-bond acceptors (Lipinski definition) is 7. The van der Waals surface area contributed by atoms with Crippen molar-refractivity contribution in [1.29, 1.82) is 0 Å². The molecule has 0 unspecified atom stereocenters. The molecular weight excluding hydrogens is 547 g/mol. The van der Waals surface area contributed by atoms with Gasteiger partial charge in [0.2, 0.25) is 17.6 Å². The zero-order valence-corrected chi connectivity index (χ0v) is 23.7. The maximum Gasteiger partial charge on any atom is 0.315 e. The first kappa shape index (κ1) is 26.4. The van der Waals surface area contributed by atoms with E-state index in [0.717, 1.165) is 62.6 Å². The number of anilines is 1. The molecule has 7 aliphatic rings. The van der Waals surface area contributed by atoms with Gasteiger partial charge in [0.1, 0.15) is 5.67 Å². The lowest BCUT2D eigenvalue weighted by Crippen LogP contribution is -2.65. The van der Waals surface area contributed by atoms with Gasteiger partial charge in [0.25, 0.3) is 5.89 Å². The van der Waals surface area contributed by atoms with Crippen molar-refractivity contribution in [2.75, 3.05) is 11.4 Å². The summed E-state index contributed by atoms with van der Waals surface area (Å²) in [5.74, 6) is 0.934. The van der Waals surface area contributed by atoms with E-state index < -0.39 is 18.0 Å². The second-order valence-electron chi connectivity index (χ2n) is 14.4. The quantitative estimate of drug-likeness (QED) is 0.268. The number of alkyl halides is 3. The predicted octanol–water partition coefficient (Wildman–Crippen LogP) is 7.02. The first-order valence-electron chi connectivity index (χ1n) is 15.1. The van der Waals surface area contributed by atoms with Crippen LogP contribution in [0.25, 0.3) is 11.4 Å². The maximum atomic E-state index is 14.3. The van der Waals surface area contributed by atoms with Gasteiger partial charge in [0.05, 0.1) is 0 Å². The molecule has 0 atom stereocenters. The molecule has 11 heteroatoms. The van der Waals surface area contributed by atoms with E-state index in [1.54, 1.807) is 0 Å². The Labute approximate surface area is 241 Å². The molecule has 2 aromatic heterocycles. The van der Waals surface area contributed by atoms with Crippen molar-refractivity contribution < 1.29 is 27.0 Å². The van der Waals surface area contributed by atoms with E-state index in [2.05, 4.69) is 27.2 Å². The summed E-state index contributed by atoms with van der Waals surface area (Å²) in [5, 5.41) is 8.17. The Morgan fingerprint density at radius 2 is 1.67 bits per heavy atom. The van der Waals surface area contributed by atoms with Gasteiger partial charge in [-0.15, -0.1) is 0 Å². The molecule has 0 N–H and O–H groups in total. The number of aromatic nitrogens is 4. The zero-order valence-electron chi connectivity index (χ0n) is 23.7. The second-order valence-corrected chi connectivity index (χ2v) is 14.4. The lowest BCUT2D eigenvalue weighted by atomic mass is 9.41. The Bertz CT molecular complexity index is 1520. The van der Waals surface area contributed by atoms with E-state index >= 15 is 0 Å². The molecule has 0 aliphatic heterocycles. The van der Waals surface area contributed by atoms with Crippen molar-refractivity contribution in [2.45, 2.75) is 107 Å². The predicted molar refractivity (Wildman–Crippen MR) is 144 cm³/mol. The molecule has 0 radical (unpaired) electrons. The van der Waals surface area contributed by atoms with Gasteiger partial charge in [0.15, 0.2) is 5.82 Å². The van der Waals surface area contributed by atoms with Crippen LogP contribution in [0.4, 0.5) is 18.9 Å². The lowest BCUT2D eigenvalue weighted by Gasteiger charge is -2.66. The number of carbonyl (C=O) groups excluding carboxylic acids is 1. The molecule has 7 fully saturated rings. The Balaban J connectivity index is 1.05. The molecule has 42 heavy (non-hydrogen) atoms. The Morgan fingerprint density at radius 3 is 2.29 bits per heavy atom. The molecule has 7 saturated carbocycles. The van der Waals surface area contributed by atoms with Crippen molar-refractivity contribution in [3.63, 3.8) is 0 Å². The smallest absolute Gasteiger partial charge is 0.315 e. The number of hydrogen-bond donors (Lipinski definition) is 0. The third-order valence-electron chi connectivity index (χ3n) is 11.3. The molecule has 0 saturated heterocycles. The minimum Gasteiger partial charge on any atom is -0.338 e. The number of halogens is 3. The minimum atomic E-state index is -2.78. The Morgan fingerprint density at radius 1 is 0.952 bits per heavy atom. The fraction of sp³-hybridized carbons (Fsp3) is 0.645. The first-order valence-corrected chi connectivity index (χ1v) is 15.1. The normalized spacial score (nSPS) is 33.7. The van der Waals surface area contributed by atoms with Crippen LogP contribution in [0.2, 0.25) is 0 Å². The van der Waals surface area contributed by atoms with E-state index in [1.165, 1.54) is 0 Å². The topological polar surface area (TPSA) is 98.2 Å². The molecule has 4 bridgehead atoms.